The molecule has 162 valence electrons. The minimum absolute atomic E-state index is 0.297. The maximum atomic E-state index is 13.3. The van der Waals surface area contributed by atoms with Gasteiger partial charge in [0.05, 0.1) is 10.6 Å². The van der Waals surface area contributed by atoms with Crippen LogP contribution in [0.5, 0.6) is 0 Å². The zero-order valence-electron chi connectivity index (χ0n) is 17.4. The normalized spacial score (nSPS) is 11.8. The van der Waals surface area contributed by atoms with E-state index in [-0.39, 0.29) is 5.91 Å². The highest BCUT2D eigenvalue weighted by molar-refractivity contribution is 7.98. The van der Waals surface area contributed by atoms with E-state index < -0.39 is 11.9 Å². The maximum Gasteiger partial charge on any atom is 0.253 e. The Balaban J connectivity index is 1.61. The fraction of sp³-hybridized carbons (Fsp3) is 0.120. The number of carbonyl (C=O) groups is 2. The molecule has 0 aliphatic carbocycles. The van der Waals surface area contributed by atoms with Gasteiger partial charge in [0.1, 0.15) is 6.04 Å². The predicted molar refractivity (Wildman–Crippen MR) is 132 cm³/mol. The lowest BCUT2D eigenvalue weighted by Gasteiger charge is -2.19. The molecule has 7 heteroatoms. The first-order valence-electron chi connectivity index (χ1n) is 10.1. The molecule has 4 rings (SSSR count). The van der Waals surface area contributed by atoms with Gasteiger partial charge in [0.25, 0.3) is 5.91 Å². The van der Waals surface area contributed by atoms with Crippen LogP contribution in [0.1, 0.15) is 15.9 Å². The third kappa shape index (κ3) is 4.98. The van der Waals surface area contributed by atoms with Crippen LogP contribution in [0.25, 0.3) is 10.9 Å². The van der Waals surface area contributed by atoms with Crippen molar-refractivity contribution >= 4 is 51.8 Å². The van der Waals surface area contributed by atoms with Crippen LogP contribution in [0, 0.1) is 0 Å². The molecule has 0 bridgehead atoms. The number of amides is 2. The van der Waals surface area contributed by atoms with Crippen molar-refractivity contribution in [1.29, 1.82) is 0 Å². The van der Waals surface area contributed by atoms with Gasteiger partial charge in [0.15, 0.2) is 0 Å². The second-order valence-corrected chi connectivity index (χ2v) is 8.58. The Bertz CT molecular complexity index is 1270. The number of H-pyrrole nitrogens is 1. The van der Waals surface area contributed by atoms with E-state index in [2.05, 4.69) is 15.6 Å². The fourth-order valence-corrected chi connectivity index (χ4v) is 4.22. The number of benzene rings is 3. The van der Waals surface area contributed by atoms with E-state index in [0.717, 1.165) is 21.4 Å². The molecule has 2 amide bonds. The number of carbonyl (C=O) groups excluding carboxylic acids is 2. The van der Waals surface area contributed by atoms with E-state index in [4.69, 9.17) is 11.6 Å². The van der Waals surface area contributed by atoms with Gasteiger partial charge in [-0.2, -0.15) is 0 Å². The molecule has 1 aromatic heterocycles. The molecule has 0 aliphatic heterocycles. The number of hydrogen-bond acceptors (Lipinski definition) is 3. The van der Waals surface area contributed by atoms with Crippen LogP contribution in [0.3, 0.4) is 0 Å². The number of nitrogens with one attached hydrogen (secondary N) is 3. The van der Waals surface area contributed by atoms with Gasteiger partial charge in [-0.05, 0) is 48.2 Å². The summed E-state index contributed by atoms with van der Waals surface area (Å²) in [6.07, 6.45) is 4.18. The highest BCUT2D eigenvalue weighted by atomic mass is 35.5. The lowest BCUT2D eigenvalue weighted by Crippen LogP contribution is -2.45. The van der Waals surface area contributed by atoms with Crippen molar-refractivity contribution in [2.45, 2.75) is 17.4 Å². The number of fused-ring (bicyclic) bond motifs is 1. The number of aromatic nitrogens is 1. The molecular weight excluding hydrogens is 442 g/mol. The first-order chi connectivity index (χ1) is 15.5. The minimum Gasteiger partial charge on any atom is -0.361 e. The summed E-state index contributed by atoms with van der Waals surface area (Å²) in [7, 11) is 0. The second-order valence-electron chi connectivity index (χ2n) is 7.29. The Morgan fingerprint density at radius 3 is 2.62 bits per heavy atom. The molecule has 0 fully saturated rings. The summed E-state index contributed by atoms with van der Waals surface area (Å²) in [5, 5.41) is 7.16. The van der Waals surface area contributed by atoms with Gasteiger partial charge in [0.2, 0.25) is 5.91 Å². The zero-order chi connectivity index (χ0) is 22.5. The molecule has 0 saturated carbocycles. The van der Waals surface area contributed by atoms with Crippen LogP contribution in [0.4, 0.5) is 5.69 Å². The second kappa shape index (κ2) is 9.94. The molecule has 3 N–H and O–H groups in total. The van der Waals surface area contributed by atoms with Crippen molar-refractivity contribution in [3.05, 3.63) is 95.1 Å². The van der Waals surface area contributed by atoms with Crippen LogP contribution in [0.15, 0.2) is 83.9 Å². The lowest BCUT2D eigenvalue weighted by atomic mass is 10.0. The maximum absolute atomic E-state index is 13.3. The minimum atomic E-state index is -0.795. The molecule has 0 spiro atoms. The Morgan fingerprint density at radius 2 is 1.81 bits per heavy atom. The SMILES string of the molecule is CSc1cccc(NC(=O)C(Cc2c[nH]c3ccccc23)NC(=O)c2ccccc2Cl)c1. The van der Waals surface area contributed by atoms with E-state index >= 15 is 0 Å². The largest absolute Gasteiger partial charge is 0.361 e. The molecular formula is C25H22ClN3O2S. The van der Waals surface area contributed by atoms with Gasteiger partial charge < -0.3 is 15.6 Å². The molecule has 1 unspecified atom stereocenters. The first-order valence-corrected chi connectivity index (χ1v) is 11.7. The van der Waals surface area contributed by atoms with E-state index in [1.807, 2.05) is 61.0 Å². The molecule has 0 aliphatic rings. The summed E-state index contributed by atoms with van der Waals surface area (Å²) in [6, 6.07) is 21.5. The smallest absolute Gasteiger partial charge is 0.253 e. The van der Waals surface area contributed by atoms with Crippen LogP contribution >= 0.6 is 23.4 Å². The summed E-state index contributed by atoms with van der Waals surface area (Å²) in [4.78, 5) is 30.5. The molecule has 0 radical (unpaired) electrons. The zero-order valence-corrected chi connectivity index (χ0v) is 19.0. The average molecular weight is 464 g/mol. The molecule has 32 heavy (non-hydrogen) atoms. The fourth-order valence-electron chi connectivity index (χ4n) is 3.54. The molecule has 1 heterocycles. The van der Waals surface area contributed by atoms with Gasteiger partial charge in [-0.25, -0.2) is 0 Å². The van der Waals surface area contributed by atoms with Gasteiger partial charge >= 0.3 is 0 Å². The van der Waals surface area contributed by atoms with E-state index in [9.17, 15) is 9.59 Å². The summed E-state index contributed by atoms with van der Waals surface area (Å²) >= 11 is 7.79. The van der Waals surface area contributed by atoms with Crippen LogP contribution in [-0.4, -0.2) is 29.1 Å². The Morgan fingerprint density at radius 1 is 1.03 bits per heavy atom. The van der Waals surface area contributed by atoms with Gasteiger partial charge in [-0.15, -0.1) is 11.8 Å². The van der Waals surface area contributed by atoms with Gasteiger partial charge in [-0.1, -0.05) is 48.0 Å². The van der Waals surface area contributed by atoms with Crippen molar-refractivity contribution < 1.29 is 9.59 Å². The topological polar surface area (TPSA) is 74.0 Å². The Kier molecular flexibility index (Phi) is 6.83. The van der Waals surface area contributed by atoms with E-state index in [1.165, 1.54) is 0 Å². The van der Waals surface area contributed by atoms with Crippen molar-refractivity contribution in [3.8, 4) is 0 Å². The third-order valence-corrected chi connectivity index (χ3v) is 6.23. The number of rotatable bonds is 7. The van der Waals surface area contributed by atoms with Crippen molar-refractivity contribution in [2.75, 3.05) is 11.6 Å². The van der Waals surface area contributed by atoms with Gasteiger partial charge in [-0.3, -0.25) is 9.59 Å². The number of thioether (sulfide) groups is 1. The molecule has 5 nitrogen and oxygen atoms in total. The summed E-state index contributed by atoms with van der Waals surface area (Å²) in [5.41, 5.74) is 2.93. The Hall–Kier alpha value is -3.22. The third-order valence-electron chi connectivity index (χ3n) is 5.18. The van der Waals surface area contributed by atoms with Crippen molar-refractivity contribution in [1.82, 2.24) is 10.3 Å². The monoisotopic (exact) mass is 463 g/mol. The van der Waals surface area contributed by atoms with Crippen molar-refractivity contribution in [2.24, 2.45) is 0 Å². The highest BCUT2D eigenvalue weighted by Crippen LogP contribution is 2.22. The first kappa shape index (κ1) is 22.0. The van der Waals surface area contributed by atoms with Crippen LogP contribution in [0.2, 0.25) is 5.02 Å². The number of aromatic amines is 1. The Labute approximate surface area is 195 Å². The summed E-state index contributed by atoms with van der Waals surface area (Å²) in [5.74, 6) is -0.692. The highest BCUT2D eigenvalue weighted by Gasteiger charge is 2.24. The van der Waals surface area contributed by atoms with Crippen molar-refractivity contribution in [3.63, 3.8) is 0 Å². The quantitative estimate of drug-likeness (QED) is 0.316. The summed E-state index contributed by atoms with van der Waals surface area (Å²) < 4.78 is 0. The number of hydrogen-bond donors (Lipinski definition) is 3. The van der Waals surface area contributed by atoms with E-state index in [1.54, 1.807) is 36.0 Å². The standard InChI is InChI=1S/C25H22ClN3O2S/c1-32-18-8-6-7-17(14-18)28-25(31)23(29-24(30)20-10-2-4-11-21(20)26)13-16-15-27-22-12-5-3-9-19(16)22/h2-12,14-15,23,27H,13H2,1H3,(H,28,31)(H,29,30). The number of para-hydroxylation sites is 1. The number of halogens is 1. The van der Waals surface area contributed by atoms with E-state index in [0.29, 0.717) is 22.7 Å². The average Bonchev–Trinajstić information content (AvgIpc) is 3.22. The lowest BCUT2D eigenvalue weighted by molar-refractivity contribution is -0.118. The predicted octanol–water partition coefficient (Wildman–Crippen LogP) is 5.52. The number of anilines is 1. The summed E-state index contributed by atoms with van der Waals surface area (Å²) in [6.45, 7) is 0. The molecule has 1 atom stereocenters. The molecule has 0 saturated heterocycles. The molecule has 4 aromatic rings. The van der Waals surface area contributed by atoms with Crippen LogP contribution < -0.4 is 10.6 Å². The molecule has 3 aromatic carbocycles. The van der Waals surface area contributed by atoms with Gasteiger partial charge in [0, 0.05) is 34.1 Å². The van der Waals surface area contributed by atoms with Crippen LogP contribution in [-0.2, 0) is 11.2 Å².